The number of aromatic nitrogens is 2. The molecule has 8 heteroatoms. The summed E-state index contributed by atoms with van der Waals surface area (Å²) in [6.07, 6.45) is 1.29. The van der Waals surface area contributed by atoms with Crippen molar-refractivity contribution < 1.29 is 14.5 Å². The number of benzene rings is 1. The Morgan fingerprint density at radius 1 is 1.27 bits per heavy atom. The number of carbonyl (C=O) groups is 1. The molecular weight excluding hydrogens is 336 g/mol. The number of nitro benzene ring substituents is 1. The predicted molar refractivity (Wildman–Crippen MR) is 94.2 cm³/mol. The lowest BCUT2D eigenvalue weighted by Gasteiger charge is -2.32. The minimum absolute atomic E-state index is 0.0980. The van der Waals surface area contributed by atoms with Crippen molar-refractivity contribution >= 4 is 11.6 Å². The zero-order chi connectivity index (χ0) is 18.7. The van der Waals surface area contributed by atoms with Crippen LogP contribution in [0.1, 0.15) is 34.6 Å². The van der Waals surface area contributed by atoms with Gasteiger partial charge in [0.15, 0.2) is 0 Å². The van der Waals surface area contributed by atoms with Crippen LogP contribution in [0.25, 0.3) is 0 Å². The molecule has 0 bridgehead atoms. The molecule has 8 nitrogen and oxygen atoms in total. The van der Waals surface area contributed by atoms with Gasteiger partial charge in [0, 0.05) is 24.0 Å². The standard InChI is InChI=1S/C18H20N4O4/c1-12-10-13(2)20-18(19-12)26-14-6-5-9-21(11-14)17(23)15-7-3-4-8-16(15)22(24)25/h3-4,7-8,10,14H,5-6,9,11H2,1-2H3. The molecule has 1 saturated heterocycles. The van der Waals surface area contributed by atoms with Crippen molar-refractivity contribution in [3.63, 3.8) is 0 Å². The van der Waals surface area contributed by atoms with E-state index in [0.717, 1.165) is 24.2 Å². The first-order valence-electron chi connectivity index (χ1n) is 8.45. The predicted octanol–water partition coefficient (Wildman–Crippen LogP) is 2.69. The monoisotopic (exact) mass is 356 g/mol. The van der Waals surface area contributed by atoms with Crippen LogP contribution in [-0.4, -0.2) is 44.9 Å². The van der Waals surface area contributed by atoms with Crippen LogP contribution in [-0.2, 0) is 0 Å². The van der Waals surface area contributed by atoms with E-state index in [1.165, 1.54) is 12.1 Å². The minimum Gasteiger partial charge on any atom is -0.458 e. The topological polar surface area (TPSA) is 98.5 Å². The number of aryl methyl sites for hydroxylation is 2. The van der Waals surface area contributed by atoms with Crippen molar-refractivity contribution in [3.05, 3.63) is 57.4 Å². The Kier molecular flexibility index (Phi) is 5.11. The molecule has 26 heavy (non-hydrogen) atoms. The molecule has 0 saturated carbocycles. The fourth-order valence-corrected chi connectivity index (χ4v) is 3.10. The van der Waals surface area contributed by atoms with E-state index >= 15 is 0 Å². The SMILES string of the molecule is Cc1cc(C)nc(OC2CCCN(C(=O)c3ccccc3[N+](=O)[O-])C2)n1. The van der Waals surface area contributed by atoms with Gasteiger partial charge in [-0.25, -0.2) is 9.97 Å². The number of ether oxygens (including phenoxy) is 1. The Labute approximate surface area is 151 Å². The van der Waals surface area contributed by atoms with Crippen LogP contribution < -0.4 is 4.74 Å². The van der Waals surface area contributed by atoms with Crippen LogP contribution in [0.5, 0.6) is 6.01 Å². The number of amides is 1. The molecule has 0 N–H and O–H groups in total. The van der Waals surface area contributed by atoms with Crippen molar-refractivity contribution in [1.29, 1.82) is 0 Å². The molecule has 1 amide bonds. The lowest BCUT2D eigenvalue weighted by atomic mass is 10.1. The molecule has 3 rings (SSSR count). The molecule has 1 fully saturated rings. The molecule has 1 aromatic heterocycles. The molecule has 1 unspecified atom stereocenters. The van der Waals surface area contributed by atoms with Crippen molar-refractivity contribution in [1.82, 2.24) is 14.9 Å². The first-order chi connectivity index (χ1) is 12.4. The second-order valence-corrected chi connectivity index (χ2v) is 6.34. The Hall–Kier alpha value is -3.03. The number of nitrogens with zero attached hydrogens (tertiary/aromatic N) is 4. The third kappa shape index (κ3) is 3.96. The third-order valence-corrected chi connectivity index (χ3v) is 4.23. The summed E-state index contributed by atoms with van der Waals surface area (Å²) in [5.74, 6) is -0.355. The number of hydrogen-bond acceptors (Lipinski definition) is 6. The largest absolute Gasteiger partial charge is 0.458 e. The highest BCUT2D eigenvalue weighted by atomic mass is 16.6. The zero-order valence-electron chi connectivity index (χ0n) is 14.7. The van der Waals surface area contributed by atoms with E-state index in [1.807, 2.05) is 19.9 Å². The molecule has 1 aromatic carbocycles. The third-order valence-electron chi connectivity index (χ3n) is 4.23. The van der Waals surface area contributed by atoms with Crippen LogP contribution in [0, 0.1) is 24.0 Å². The van der Waals surface area contributed by atoms with Crippen LogP contribution >= 0.6 is 0 Å². The highest BCUT2D eigenvalue weighted by Crippen LogP contribution is 2.23. The summed E-state index contributed by atoms with van der Waals surface area (Å²) in [4.78, 5) is 33.5. The smallest absolute Gasteiger partial charge is 0.317 e. The number of carbonyl (C=O) groups excluding carboxylic acids is 1. The first-order valence-corrected chi connectivity index (χ1v) is 8.45. The van der Waals surface area contributed by atoms with Crippen molar-refractivity contribution in [2.45, 2.75) is 32.8 Å². The molecule has 0 spiro atoms. The van der Waals surface area contributed by atoms with E-state index in [2.05, 4.69) is 9.97 Å². The molecule has 0 radical (unpaired) electrons. The maximum absolute atomic E-state index is 12.8. The minimum atomic E-state index is -0.533. The van der Waals surface area contributed by atoms with Gasteiger partial charge in [-0.2, -0.15) is 0 Å². The summed E-state index contributed by atoms with van der Waals surface area (Å²) in [6, 6.07) is 8.16. The molecule has 1 aliphatic heterocycles. The molecule has 1 atom stereocenters. The average Bonchev–Trinajstić information content (AvgIpc) is 2.60. The second-order valence-electron chi connectivity index (χ2n) is 6.34. The molecule has 136 valence electrons. The van der Waals surface area contributed by atoms with E-state index in [-0.39, 0.29) is 23.3 Å². The van der Waals surface area contributed by atoms with Crippen molar-refractivity contribution in [2.24, 2.45) is 0 Å². The van der Waals surface area contributed by atoms with Gasteiger partial charge in [0.25, 0.3) is 11.6 Å². The summed E-state index contributed by atoms with van der Waals surface area (Å²) in [5, 5.41) is 11.2. The molecule has 2 heterocycles. The summed E-state index contributed by atoms with van der Waals surface area (Å²) in [7, 11) is 0. The Bertz CT molecular complexity index is 819. The fourth-order valence-electron chi connectivity index (χ4n) is 3.10. The number of hydrogen-bond donors (Lipinski definition) is 0. The Morgan fingerprint density at radius 2 is 1.96 bits per heavy atom. The summed E-state index contributed by atoms with van der Waals surface area (Å²) in [5.41, 5.74) is 1.55. The molecule has 1 aliphatic rings. The summed E-state index contributed by atoms with van der Waals surface area (Å²) < 4.78 is 5.86. The van der Waals surface area contributed by atoms with Gasteiger partial charge in [0.05, 0.1) is 11.5 Å². The first kappa shape index (κ1) is 17.8. The van der Waals surface area contributed by atoms with E-state index in [4.69, 9.17) is 4.74 Å². The zero-order valence-corrected chi connectivity index (χ0v) is 14.7. The van der Waals surface area contributed by atoms with Gasteiger partial charge in [-0.05, 0) is 38.8 Å². The van der Waals surface area contributed by atoms with E-state index in [1.54, 1.807) is 17.0 Å². The normalized spacial score (nSPS) is 17.0. The van der Waals surface area contributed by atoms with Crippen LogP contribution in [0.15, 0.2) is 30.3 Å². The number of nitro groups is 1. The summed E-state index contributed by atoms with van der Waals surface area (Å²) in [6.45, 7) is 4.62. The number of likely N-dealkylation sites (tertiary alicyclic amines) is 1. The number of para-hydroxylation sites is 1. The highest BCUT2D eigenvalue weighted by Gasteiger charge is 2.29. The van der Waals surface area contributed by atoms with Gasteiger partial charge in [-0.15, -0.1) is 0 Å². The summed E-state index contributed by atoms with van der Waals surface area (Å²) >= 11 is 0. The van der Waals surface area contributed by atoms with Gasteiger partial charge in [-0.3, -0.25) is 14.9 Å². The maximum atomic E-state index is 12.8. The highest BCUT2D eigenvalue weighted by molar-refractivity contribution is 5.98. The van der Waals surface area contributed by atoms with Gasteiger partial charge in [0.1, 0.15) is 11.7 Å². The lowest BCUT2D eigenvalue weighted by molar-refractivity contribution is -0.385. The van der Waals surface area contributed by atoms with Crippen molar-refractivity contribution in [3.8, 4) is 6.01 Å². The van der Waals surface area contributed by atoms with E-state index < -0.39 is 4.92 Å². The average molecular weight is 356 g/mol. The van der Waals surface area contributed by atoms with Gasteiger partial charge in [0.2, 0.25) is 0 Å². The Morgan fingerprint density at radius 3 is 2.65 bits per heavy atom. The fraction of sp³-hybridized carbons (Fsp3) is 0.389. The quantitative estimate of drug-likeness (QED) is 0.617. The van der Waals surface area contributed by atoms with Gasteiger partial charge < -0.3 is 9.64 Å². The number of rotatable bonds is 4. The molecule has 2 aromatic rings. The van der Waals surface area contributed by atoms with Crippen molar-refractivity contribution in [2.75, 3.05) is 13.1 Å². The number of piperidine rings is 1. The van der Waals surface area contributed by atoms with Gasteiger partial charge in [-0.1, -0.05) is 12.1 Å². The van der Waals surface area contributed by atoms with Crippen LogP contribution in [0.2, 0.25) is 0 Å². The molecular formula is C18H20N4O4. The van der Waals surface area contributed by atoms with Crippen LogP contribution in [0.3, 0.4) is 0 Å². The van der Waals surface area contributed by atoms with Gasteiger partial charge >= 0.3 is 6.01 Å². The molecule has 0 aliphatic carbocycles. The Balaban J connectivity index is 1.74. The maximum Gasteiger partial charge on any atom is 0.317 e. The van der Waals surface area contributed by atoms with Crippen LogP contribution in [0.4, 0.5) is 5.69 Å². The lowest BCUT2D eigenvalue weighted by Crippen LogP contribution is -2.44. The van der Waals surface area contributed by atoms with E-state index in [0.29, 0.717) is 19.1 Å². The van der Waals surface area contributed by atoms with E-state index in [9.17, 15) is 14.9 Å². The second kappa shape index (κ2) is 7.47.